The summed E-state index contributed by atoms with van der Waals surface area (Å²) in [5.74, 6) is 0.182. The minimum atomic E-state index is 0.182. The number of methoxy groups -OCH3 is 1. The highest BCUT2D eigenvalue weighted by molar-refractivity contribution is 5.93. The third kappa shape index (κ3) is 2.06. The van der Waals surface area contributed by atoms with Gasteiger partial charge in [0.2, 0.25) is 0 Å². The summed E-state index contributed by atoms with van der Waals surface area (Å²) in [6.45, 7) is 3.20. The van der Waals surface area contributed by atoms with Crippen molar-refractivity contribution in [3.05, 3.63) is 24.0 Å². The van der Waals surface area contributed by atoms with Crippen LogP contribution in [0.5, 0.6) is 0 Å². The number of aryl methyl sites for hydroxylation is 1. The summed E-state index contributed by atoms with van der Waals surface area (Å²) in [6.07, 6.45) is 6.59. The zero-order valence-corrected chi connectivity index (χ0v) is 12.6. The number of carbonyl (C=O) groups is 1. The lowest BCUT2D eigenvalue weighted by atomic mass is 9.71. The van der Waals surface area contributed by atoms with Crippen LogP contribution in [0.4, 0.5) is 0 Å². The third-order valence-electron chi connectivity index (χ3n) is 5.32. The van der Waals surface area contributed by atoms with Crippen LogP contribution in [0.3, 0.4) is 0 Å². The number of rotatable bonds is 2. The molecule has 20 heavy (non-hydrogen) atoms. The topological polar surface area (TPSA) is 34.5 Å². The molecule has 1 saturated carbocycles. The lowest BCUT2D eigenvalue weighted by molar-refractivity contribution is -0.00294. The van der Waals surface area contributed by atoms with E-state index in [2.05, 4.69) is 11.8 Å². The molecule has 2 aliphatic rings. The van der Waals surface area contributed by atoms with Crippen LogP contribution in [-0.2, 0) is 11.8 Å². The molecular weight excluding hydrogens is 252 g/mol. The number of aromatic nitrogens is 1. The van der Waals surface area contributed by atoms with Crippen molar-refractivity contribution in [2.24, 2.45) is 12.5 Å². The van der Waals surface area contributed by atoms with E-state index in [4.69, 9.17) is 4.74 Å². The summed E-state index contributed by atoms with van der Waals surface area (Å²) in [5, 5.41) is 0. The van der Waals surface area contributed by atoms with Gasteiger partial charge in [-0.25, -0.2) is 0 Å². The molecule has 110 valence electrons. The largest absolute Gasteiger partial charge is 0.381 e. The van der Waals surface area contributed by atoms with Crippen molar-refractivity contribution >= 4 is 5.91 Å². The Hall–Kier alpha value is -1.29. The van der Waals surface area contributed by atoms with Crippen molar-refractivity contribution in [2.45, 2.75) is 44.8 Å². The first-order valence-corrected chi connectivity index (χ1v) is 7.50. The van der Waals surface area contributed by atoms with Gasteiger partial charge in [0.1, 0.15) is 5.69 Å². The monoisotopic (exact) mass is 276 g/mol. The van der Waals surface area contributed by atoms with Crippen LogP contribution < -0.4 is 0 Å². The molecule has 3 atom stereocenters. The second-order valence-electron chi connectivity index (χ2n) is 6.56. The molecule has 0 N–H and O–H groups in total. The van der Waals surface area contributed by atoms with Crippen molar-refractivity contribution in [3.63, 3.8) is 0 Å². The Labute approximate surface area is 120 Å². The number of hydrogen-bond acceptors (Lipinski definition) is 2. The van der Waals surface area contributed by atoms with Crippen LogP contribution in [0.15, 0.2) is 18.3 Å². The molecule has 3 rings (SSSR count). The van der Waals surface area contributed by atoms with Crippen LogP contribution in [0, 0.1) is 5.41 Å². The standard InChI is InChI=1S/C16H24N2O2/c1-16-8-10-18(14(16)7-6-12(11-16)20-3)15(19)13-5-4-9-17(13)2/h4-5,9,12,14H,6-8,10-11H2,1-3H3/t12-,14-,16+/m1/s1. The number of ether oxygens (including phenoxy) is 1. The molecule has 4 heteroatoms. The van der Waals surface area contributed by atoms with Crippen LogP contribution >= 0.6 is 0 Å². The van der Waals surface area contributed by atoms with Crippen LogP contribution in [0.2, 0.25) is 0 Å². The first-order chi connectivity index (χ1) is 9.55. The van der Waals surface area contributed by atoms with Crippen molar-refractivity contribution in [3.8, 4) is 0 Å². The molecule has 2 heterocycles. The summed E-state index contributed by atoms with van der Waals surface area (Å²) >= 11 is 0. The van der Waals surface area contributed by atoms with Gasteiger partial charge >= 0.3 is 0 Å². The van der Waals surface area contributed by atoms with Gasteiger partial charge < -0.3 is 14.2 Å². The van der Waals surface area contributed by atoms with E-state index in [0.29, 0.717) is 12.1 Å². The molecule has 4 nitrogen and oxygen atoms in total. The molecule has 0 spiro atoms. The SMILES string of the molecule is CO[C@@H]1CC[C@H]2N(C(=O)c3cccn3C)CC[C@@]2(C)C1. The minimum absolute atomic E-state index is 0.182. The number of amides is 1. The van der Waals surface area contributed by atoms with Gasteiger partial charge in [-0.1, -0.05) is 6.92 Å². The third-order valence-corrected chi connectivity index (χ3v) is 5.32. The molecule has 1 aliphatic carbocycles. The average Bonchev–Trinajstić information content (AvgIpc) is 3.00. The summed E-state index contributed by atoms with van der Waals surface area (Å²) < 4.78 is 7.46. The van der Waals surface area contributed by atoms with Crippen molar-refractivity contribution in [1.29, 1.82) is 0 Å². The first-order valence-electron chi connectivity index (χ1n) is 7.50. The summed E-state index contributed by atoms with van der Waals surface area (Å²) in [5.41, 5.74) is 1.02. The van der Waals surface area contributed by atoms with Crippen LogP contribution in [-0.4, -0.2) is 41.2 Å². The summed E-state index contributed by atoms with van der Waals surface area (Å²) in [6, 6.07) is 4.22. The Kier molecular flexibility index (Phi) is 3.36. The van der Waals surface area contributed by atoms with Gasteiger partial charge in [0.15, 0.2) is 0 Å². The first kappa shape index (κ1) is 13.7. The predicted octanol–water partition coefficient (Wildman–Crippen LogP) is 2.44. The number of hydrogen-bond donors (Lipinski definition) is 0. The highest BCUT2D eigenvalue weighted by atomic mass is 16.5. The highest BCUT2D eigenvalue weighted by Gasteiger charge is 2.49. The van der Waals surface area contributed by atoms with E-state index in [0.717, 1.165) is 37.9 Å². The maximum Gasteiger partial charge on any atom is 0.270 e. The smallest absolute Gasteiger partial charge is 0.270 e. The molecule has 2 fully saturated rings. The lowest BCUT2D eigenvalue weighted by Crippen LogP contribution is -2.46. The van der Waals surface area contributed by atoms with E-state index < -0.39 is 0 Å². The van der Waals surface area contributed by atoms with E-state index in [1.807, 2.05) is 29.9 Å². The summed E-state index contributed by atoms with van der Waals surface area (Å²) in [4.78, 5) is 14.8. The average molecular weight is 276 g/mol. The molecular formula is C16H24N2O2. The van der Waals surface area contributed by atoms with E-state index in [9.17, 15) is 4.79 Å². The van der Waals surface area contributed by atoms with Gasteiger partial charge in [-0.3, -0.25) is 4.79 Å². The fourth-order valence-corrected chi connectivity index (χ4v) is 4.06. The van der Waals surface area contributed by atoms with Gasteiger partial charge in [0.05, 0.1) is 6.10 Å². The zero-order chi connectivity index (χ0) is 14.3. The lowest BCUT2D eigenvalue weighted by Gasteiger charge is -2.42. The molecule has 0 aromatic carbocycles. The van der Waals surface area contributed by atoms with E-state index in [1.54, 1.807) is 7.11 Å². The predicted molar refractivity (Wildman–Crippen MR) is 77.6 cm³/mol. The molecule has 0 bridgehead atoms. The van der Waals surface area contributed by atoms with Crippen LogP contribution in [0.25, 0.3) is 0 Å². The fraction of sp³-hybridized carbons (Fsp3) is 0.688. The molecule has 0 radical (unpaired) electrons. The second-order valence-corrected chi connectivity index (χ2v) is 6.56. The Balaban J connectivity index is 1.81. The van der Waals surface area contributed by atoms with E-state index >= 15 is 0 Å². The molecule has 0 unspecified atom stereocenters. The maximum atomic E-state index is 12.8. The number of likely N-dealkylation sites (tertiary alicyclic amines) is 1. The summed E-state index contributed by atoms with van der Waals surface area (Å²) in [7, 11) is 3.74. The Bertz CT molecular complexity index is 510. The Morgan fingerprint density at radius 3 is 2.90 bits per heavy atom. The van der Waals surface area contributed by atoms with E-state index in [1.165, 1.54) is 0 Å². The second kappa shape index (κ2) is 4.92. The fourth-order valence-electron chi connectivity index (χ4n) is 4.06. The van der Waals surface area contributed by atoms with Crippen LogP contribution in [0.1, 0.15) is 43.1 Å². The molecule has 1 amide bonds. The molecule has 1 aromatic rings. The quantitative estimate of drug-likeness (QED) is 0.831. The normalized spacial score (nSPS) is 33.2. The molecule has 1 aliphatic heterocycles. The molecule has 1 aromatic heterocycles. The highest BCUT2D eigenvalue weighted by Crippen LogP contribution is 2.47. The van der Waals surface area contributed by atoms with Crippen molar-refractivity contribution in [2.75, 3.05) is 13.7 Å². The number of fused-ring (bicyclic) bond motifs is 1. The number of nitrogens with zero attached hydrogens (tertiary/aromatic N) is 2. The minimum Gasteiger partial charge on any atom is -0.381 e. The maximum absolute atomic E-state index is 12.8. The molecule has 1 saturated heterocycles. The van der Waals surface area contributed by atoms with Gasteiger partial charge in [-0.2, -0.15) is 0 Å². The van der Waals surface area contributed by atoms with Crippen molar-refractivity contribution in [1.82, 2.24) is 9.47 Å². The van der Waals surface area contributed by atoms with Gasteiger partial charge in [-0.15, -0.1) is 0 Å². The number of carbonyl (C=O) groups excluding carboxylic acids is 1. The van der Waals surface area contributed by atoms with Gasteiger partial charge in [-0.05, 0) is 43.2 Å². The Morgan fingerprint density at radius 1 is 1.45 bits per heavy atom. The van der Waals surface area contributed by atoms with E-state index in [-0.39, 0.29) is 11.3 Å². The Morgan fingerprint density at radius 2 is 2.25 bits per heavy atom. The van der Waals surface area contributed by atoms with Gasteiger partial charge in [0, 0.05) is 32.9 Å². The van der Waals surface area contributed by atoms with Gasteiger partial charge in [0.25, 0.3) is 5.91 Å². The zero-order valence-electron chi connectivity index (χ0n) is 12.6. The van der Waals surface area contributed by atoms with Crippen molar-refractivity contribution < 1.29 is 9.53 Å².